The fraction of sp³-hybridized carbons (Fsp3) is 0.875. The molecular weight excluding hydrogens is 286 g/mol. The van der Waals surface area contributed by atoms with E-state index in [1.165, 1.54) is 0 Å². The van der Waals surface area contributed by atoms with Crippen molar-refractivity contribution in [3.05, 3.63) is 0 Å². The van der Waals surface area contributed by atoms with Crippen LogP contribution in [0.2, 0.25) is 0 Å². The van der Waals surface area contributed by atoms with Gasteiger partial charge in [0.05, 0.1) is 5.75 Å². The summed E-state index contributed by atoms with van der Waals surface area (Å²) < 4.78 is 5.41. The van der Waals surface area contributed by atoms with Gasteiger partial charge < -0.3 is 10.1 Å². The monoisotopic (exact) mass is 317 g/mol. The Labute approximate surface area is 133 Å². The zero-order chi connectivity index (χ0) is 16.5. The van der Waals surface area contributed by atoms with Gasteiger partial charge in [0, 0.05) is 0 Å². The normalized spacial score (nSPS) is 14.4. The summed E-state index contributed by atoms with van der Waals surface area (Å²) >= 11 is 1.61. The van der Waals surface area contributed by atoms with Crippen LogP contribution in [0.1, 0.15) is 60.8 Å². The summed E-state index contributed by atoms with van der Waals surface area (Å²) in [5.41, 5.74) is -0.538. The highest BCUT2D eigenvalue weighted by Gasteiger charge is 2.30. The smallest absolute Gasteiger partial charge is 0.329 e. The number of ether oxygens (including phenoxy) is 1. The second-order valence-corrected chi connectivity index (χ2v) is 7.48. The number of amides is 1. The van der Waals surface area contributed by atoms with Crippen LogP contribution in [-0.2, 0) is 14.3 Å². The van der Waals surface area contributed by atoms with Crippen molar-refractivity contribution < 1.29 is 14.3 Å². The van der Waals surface area contributed by atoms with Gasteiger partial charge in [-0.15, -0.1) is 0 Å². The SMILES string of the molecule is CCCCSCC(=O)N[C@H](C(=O)OC(C)(C)C)[C@@H](C)CC. The van der Waals surface area contributed by atoms with Gasteiger partial charge in [-0.05, 0) is 38.9 Å². The molecule has 0 unspecified atom stereocenters. The number of nitrogens with one attached hydrogen (secondary N) is 1. The topological polar surface area (TPSA) is 55.4 Å². The molecule has 0 aromatic heterocycles. The standard InChI is InChI=1S/C16H31NO3S/c1-7-9-10-21-11-13(18)17-14(12(3)8-2)15(19)20-16(4,5)6/h12,14H,7-11H2,1-6H3,(H,17,18)/t12-,14-/m0/s1. The Balaban J connectivity index is 4.49. The van der Waals surface area contributed by atoms with Crippen LogP contribution in [0.3, 0.4) is 0 Å². The predicted molar refractivity (Wildman–Crippen MR) is 89.5 cm³/mol. The first-order valence-electron chi connectivity index (χ1n) is 7.81. The number of hydrogen-bond acceptors (Lipinski definition) is 4. The van der Waals surface area contributed by atoms with Crippen LogP contribution >= 0.6 is 11.8 Å². The molecule has 2 atom stereocenters. The Morgan fingerprint density at radius 3 is 2.33 bits per heavy atom. The van der Waals surface area contributed by atoms with Crippen LogP contribution in [0.5, 0.6) is 0 Å². The minimum absolute atomic E-state index is 0.0597. The number of carbonyl (C=O) groups is 2. The lowest BCUT2D eigenvalue weighted by Gasteiger charge is -2.27. The maximum absolute atomic E-state index is 12.2. The van der Waals surface area contributed by atoms with E-state index in [4.69, 9.17) is 4.74 Å². The van der Waals surface area contributed by atoms with Crippen molar-refractivity contribution in [3.8, 4) is 0 Å². The van der Waals surface area contributed by atoms with Gasteiger partial charge in [0.25, 0.3) is 0 Å². The zero-order valence-corrected chi connectivity index (χ0v) is 15.1. The number of carbonyl (C=O) groups excluding carboxylic acids is 2. The third-order valence-corrected chi connectivity index (χ3v) is 4.11. The molecule has 21 heavy (non-hydrogen) atoms. The number of hydrogen-bond donors (Lipinski definition) is 1. The number of unbranched alkanes of at least 4 members (excludes halogenated alkanes) is 1. The van der Waals surface area contributed by atoms with Gasteiger partial charge in [-0.3, -0.25) is 4.79 Å². The Bertz CT molecular complexity index is 326. The summed E-state index contributed by atoms with van der Waals surface area (Å²) in [6.07, 6.45) is 3.05. The molecular formula is C16H31NO3S. The first kappa shape index (κ1) is 20.3. The summed E-state index contributed by atoms with van der Waals surface area (Å²) in [6.45, 7) is 11.6. The molecule has 0 aliphatic carbocycles. The van der Waals surface area contributed by atoms with Crippen molar-refractivity contribution in [1.29, 1.82) is 0 Å². The van der Waals surface area contributed by atoms with Crippen molar-refractivity contribution in [1.82, 2.24) is 5.32 Å². The Morgan fingerprint density at radius 1 is 1.24 bits per heavy atom. The Hall–Kier alpha value is -0.710. The van der Waals surface area contributed by atoms with E-state index in [2.05, 4.69) is 12.2 Å². The fourth-order valence-corrected chi connectivity index (χ4v) is 2.57. The lowest BCUT2D eigenvalue weighted by atomic mass is 9.99. The lowest BCUT2D eigenvalue weighted by molar-refractivity contribution is -0.160. The van der Waals surface area contributed by atoms with E-state index < -0.39 is 11.6 Å². The molecule has 0 radical (unpaired) electrons. The molecule has 0 aliphatic rings. The minimum Gasteiger partial charge on any atom is -0.458 e. The van der Waals surface area contributed by atoms with Gasteiger partial charge in [0.1, 0.15) is 11.6 Å². The Morgan fingerprint density at radius 2 is 1.86 bits per heavy atom. The second-order valence-electron chi connectivity index (χ2n) is 6.37. The highest BCUT2D eigenvalue weighted by molar-refractivity contribution is 7.99. The van der Waals surface area contributed by atoms with Crippen LogP contribution in [-0.4, -0.2) is 35.0 Å². The molecule has 124 valence electrons. The zero-order valence-electron chi connectivity index (χ0n) is 14.3. The molecule has 0 fully saturated rings. The summed E-state index contributed by atoms with van der Waals surface area (Å²) in [5.74, 6) is 1.00. The second kappa shape index (κ2) is 10.1. The van der Waals surface area contributed by atoms with E-state index >= 15 is 0 Å². The molecule has 0 saturated carbocycles. The quantitative estimate of drug-likeness (QED) is 0.523. The van der Waals surface area contributed by atoms with E-state index in [-0.39, 0.29) is 17.8 Å². The van der Waals surface area contributed by atoms with Crippen molar-refractivity contribution in [3.63, 3.8) is 0 Å². The molecule has 0 aliphatic heterocycles. The largest absolute Gasteiger partial charge is 0.458 e. The first-order valence-corrected chi connectivity index (χ1v) is 8.96. The predicted octanol–water partition coefficient (Wildman–Crippen LogP) is 3.39. The number of esters is 1. The summed E-state index contributed by atoms with van der Waals surface area (Å²) in [7, 11) is 0. The number of thioether (sulfide) groups is 1. The molecule has 1 N–H and O–H groups in total. The van der Waals surface area contributed by atoms with Crippen LogP contribution in [0.4, 0.5) is 0 Å². The molecule has 0 spiro atoms. The highest BCUT2D eigenvalue weighted by atomic mass is 32.2. The van der Waals surface area contributed by atoms with E-state index in [0.29, 0.717) is 5.75 Å². The average Bonchev–Trinajstić information content (AvgIpc) is 2.38. The van der Waals surface area contributed by atoms with E-state index in [0.717, 1.165) is 25.0 Å². The van der Waals surface area contributed by atoms with Gasteiger partial charge >= 0.3 is 5.97 Å². The molecule has 0 bridgehead atoms. The van der Waals surface area contributed by atoms with E-state index in [9.17, 15) is 9.59 Å². The third kappa shape index (κ3) is 9.77. The average molecular weight is 317 g/mol. The van der Waals surface area contributed by atoms with Crippen LogP contribution < -0.4 is 5.32 Å². The molecule has 4 nitrogen and oxygen atoms in total. The van der Waals surface area contributed by atoms with Gasteiger partial charge in [-0.25, -0.2) is 4.79 Å². The van der Waals surface area contributed by atoms with E-state index in [1.54, 1.807) is 11.8 Å². The van der Waals surface area contributed by atoms with E-state index in [1.807, 2.05) is 34.6 Å². The summed E-state index contributed by atoms with van der Waals surface area (Å²) in [4.78, 5) is 24.2. The highest BCUT2D eigenvalue weighted by Crippen LogP contribution is 2.15. The number of rotatable bonds is 9. The lowest BCUT2D eigenvalue weighted by Crippen LogP contribution is -2.48. The van der Waals surface area contributed by atoms with Gasteiger partial charge in [-0.1, -0.05) is 33.6 Å². The fourth-order valence-electron chi connectivity index (χ4n) is 1.66. The van der Waals surface area contributed by atoms with Crippen molar-refractivity contribution >= 4 is 23.6 Å². The minimum atomic E-state index is -0.562. The Kier molecular flexibility index (Phi) is 9.75. The van der Waals surface area contributed by atoms with Crippen LogP contribution in [0.15, 0.2) is 0 Å². The first-order chi connectivity index (χ1) is 9.71. The summed E-state index contributed by atoms with van der Waals surface area (Å²) in [6, 6.07) is -0.562. The maximum atomic E-state index is 12.2. The molecule has 5 heteroatoms. The molecule has 0 aromatic rings. The molecule has 0 rings (SSSR count). The molecule has 0 heterocycles. The van der Waals surface area contributed by atoms with Crippen LogP contribution in [0, 0.1) is 5.92 Å². The molecule has 0 aromatic carbocycles. The third-order valence-electron chi connectivity index (χ3n) is 3.07. The van der Waals surface area contributed by atoms with Crippen molar-refractivity contribution in [2.45, 2.75) is 72.4 Å². The van der Waals surface area contributed by atoms with Gasteiger partial charge in [0.15, 0.2) is 0 Å². The van der Waals surface area contributed by atoms with Crippen LogP contribution in [0.25, 0.3) is 0 Å². The van der Waals surface area contributed by atoms with Crippen molar-refractivity contribution in [2.75, 3.05) is 11.5 Å². The molecule has 0 saturated heterocycles. The van der Waals surface area contributed by atoms with Gasteiger partial charge in [0.2, 0.25) is 5.91 Å². The molecule has 1 amide bonds. The summed E-state index contributed by atoms with van der Waals surface area (Å²) in [5, 5.41) is 2.83. The maximum Gasteiger partial charge on any atom is 0.329 e. The van der Waals surface area contributed by atoms with Gasteiger partial charge in [-0.2, -0.15) is 11.8 Å². The van der Waals surface area contributed by atoms with Crippen molar-refractivity contribution in [2.24, 2.45) is 5.92 Å².